The molecule has 1 atom stereocenters. The van der Waals surface area contributed by atoms with Crippen LogP contribution in [0.4, 0.5) is 0 Å². The minimum Gasteiger partial charge on any atom is -0.478 e. The molecule has 3 aromatic rings. The summed E-state index contributed by atoms with van der Waals surface area (Å²) in [5.41, 5.74) is 4.28. The predicted octanol–water partition coefficient (Wildman–Crippen LogP) is 4.70. The lowest BCUT2D eigenvalue weighted by atomic mass is 9.92. The lowest BCUT2D eigenvalue weighted by molar-refractivity contribution is 0.0516. The van der Waals surface area contributed by atoms with Gasteiger partial charge in [0.15, 0.2) is 0 Å². The molecule has 0 spiro atoms. The van der Waals surface area contributed by atoms with Crippen molar-refractivity contribution in [3.63, 3.8) is 0 Å². The van der Waals surface area contributed by atoms with E-state index in [1.807, 2.05) is 37.4 Å². The first kappa shape index (κ1) is 17.7. The Morgan fingerprint density at radius 3 is 2.70 bits per heavy atom. The maximum atomic E-state index is 12.0. The highest BCUT2D eigenvalue weighted by Crippen LogP contribution is 2.37. The summed E-state index contributed by atoms with van der Waals surface area (Å²) in [6.45, 7) is 5.67. The molecule has 1 aromatic carbocycles. The number of aromatic carboxylic acids is 1. The molecule has 0 radical (unpaired) electrons. The van der Waals surface area contributed by atoms with E-state index in [2.05, 4.69) is 22.5 Å². The molecular formula is C22H24N2O3. The molecule has 1 saturated heterocycles. The van der Waals surface area contributed by atoms with Gasteiger partial charge in [-0.1, -0.05) is 18.2 Å². The zero-order valence-electron chi connectivity index (χ0n) is 15.7. The second-order valence-electron chi connectivity index (χ2n) is 7.30. The minimum atomic E-state index is -0.871. The number of carboxylic acid groups (broad SMARTS) is 1. The summed E-state index contributed by atoms with van der Waals surface area (Å²) in [5.74, 6) is -0.388. The van der Waals surface area contributed by atoms with Crippen molar-refractivity contribution in [3.8, 4) is 11.1 Å². The molecule has 140 valence electrons. The normalized spacial score (nSPS) is 16.5. The van der Waals surface area contributed by atoms with Gasteiger partial charge in [0.1, 0.15) is 0 Å². The maximum absolute atomic E-state index is 12.0. The number of nitrogens with zero attached hydrogens (tertiary/aromatic N) is 2. The number of hydrogen-bond acceptors (Lipinski definition) is 3. The summed E-state index contributed by atoms with van der Waals surface area (Å²) >= 11 is 0. The van der Waals surface area contributed by atoms with E-state index in [1.165, 1.54) is 0 Å². The van der Waals surface area contributed by atoms with Crippen LogP contribution in [0.5, 0.6) is 0 Å². The van der Waals surface area contributed by atoms with Gasteiger partial charge in [0, 0.05) is 53.8 Å². The third-order valence-electron chi connectivity index (χ3n) is 5.81. The molecule has 0 aliphatic carbocycles. The van der Waals surface area contributed by atoms with Gasteiger partial charge in [-0.2, -0.15) is 0 Å². The van der Waals surface area contributed by atoms with Crippen molar-refractivity contribution < 1.29 is 14.6 Å². The lowest BCUT2D eigenvalue weighted by Crippen LogP contribution is -2.24. The summed E-state index contributed by atoms with van der Waals surface area (Å²) in [6.07, 6.45) is 5.60. The number of ether oxygens (including phenoxy) is 1. The molecular weight excluding hydrogens is 340 g/mol. The molecule has 27 heavy (non-hydrogen) atoms. The Labute approximate surface area is 158 Å². The fourth-order valence-corrected chi connectivity index (χ4v) is 4.36. The smallest absolute Gasteiger partial charge is 0.338 e. The third kappa shape index (κ3) is 3.12. The van der Waals surface area contributed by atoms with Gasteiger partial charge in [-0.15, -0.1) is 0 Å². The number of aromatic nitrogens is 2. The van der Waals surface area contributed by atoms with Gasteiger partial charge in [0.05, 0.1) is 5.56 Å². The predicted molar refractivity (Wildman–Crippen MR) is 105 cm³/mol. The second-order valence-corrected chi connectivity index (χ2v) is 7.30. The topological polar surface area (TPSA) is 64.3 Å². The fourth-order valence-electron chi connectivity index (χ4n) is 4.36. The number of rotatable bonds is 4. The Balaban J connectivity index is 1.89. The van der Waals surface area contributed by atoms with E-state index < -0.39 is 5.97 Å². The van der Waals surface area contributed by atoms with Crippen molar-refractivity contribution in [2.75, 3.05) is 13.2 Å². The molecule has 0 saturated carbocycles. The molecule has 1 aliphatic rings. The average Bonchev–Trinajstić information content (AvgIpc) is 3.00. The number of benzene rings is 1. The molecule has 1 fully saturated rings. The number of carboxylic acids is 1. The maximum Gasteiger partial charge on any atom is 0.338 e. The highest BCUT2D eigenvalue weighted by atomic mass is 16.5. The zero-order valence-corrected chi connectivity index (χ0v) is 15.7. The van der Waals surface area contributed by atoms with Gasteiger partial charge in [-0.25, -0.2) is 4.79 Å². The van der Waals surface area contributed by atoms with E-state index >= 15 is 0 Å². The number of carbonyl (C=O) groups is 1. The molecule has 1 N–H and O–H groups in total. The lowest BCUT2D eigenvalue weighted by Gasteiger charge is -2.30. The molecule has 0 amide bonds. The number of pyridine rings is 1. The first-order valence-electron chi connectivity index (χ1n) is 9.44. The Morgan fingerprint density at radius 2 is 2.04 bits per heavy atom. The molecule has 0 bridgehead atoms. The van der Waals surface area contributed by atoms with E-state index in [1.54, 1.807) is 6.20 Å². The minimum absolute atomic E-state index is 0.216. The van der Waals surface area contributed by atoms with Crippen molar-refractivity contribution in [3.05, 3.63) is 54.0 Å². The van der Waals surface area contributed by atoms with Crippen LogP contribution in [0.25, 0.3) is 22.0 Å². The van der Waals surface area contributed by atoms with Crippen molar-refractivity contribution >= 4 is 16.9 Å². The van der Waals surface area contributed by atoms with Crippen molar-refractivity contribution in [1.29, 1.82) is 0 Å². The van der Waals surface area contributed by atoms with Crippen LogP contribution in [0, 0.1) is 12.8 Å². The summed E-state index contributed by atoms with van der Waals surface area (Å²) in [4.78, 5) is 16.2. The summed E-state index contributed by atoms with van der Waals surface area (Å²) < 4.78 is 7.73. The highest BCUT2D eigenvalue weighted by Gasteiger charge is 2.27. The summed E-state index contributed by atoms with van der Waals surface area (Å²) in [5, 5.41) is 10.6. The summed E-state index contributed by atoms with van der Waals surface area (Å²) in [6, 6.07) is 10.2. The average molecular weight is 364 g/mol. The van der Waals surface area contributed by atoms with E-state index in [4.69, 9.17) is 4.74 Å². The standard InChI is InChI=1S/C22H24N2O3/c1-14(16-7-10-27-11-8-16)24-15(2)21(22(25)26)19-6-5-17(12-20(19)24)18-4-3-9-23-13-18/h3-6,9,12-14,16H,7-8,10-11H2,1-2H3,(H,25,26). The monoisotopic (exact) mass is 364 g/mol. The first-order chi connectivity index (χ1) is 13.1. The highest BCUT2D eigenvalue weighted by molar-refractivity contribution is 6.06. The molecule has 5 nitrogen and oxygen atoms in total. The van der Waals surface area contributed by atoms with Gasteiger partial charge in [0.25, 0.3) is 0 Å². The van der Waals surface area contributed by atoms with Gasteiger partial charge in [-0.3, -0.25) is 4.98 Å². The SMILES string of the molecule is Cc1c(C(=O)O)c2ccc(-c3cccnc3)cc2n1C(C)C1CCOCC1. The van der Waals surface area contributed by atoms with E-state index in [9.17, 15) is 9.90 Å². The Bertz CT molecular complexity index is 972. The van der Waals surface area contributed by atoms with Gasteiger partial charge < -0.3 is 14.4 Å². The Hall–Kier alpha value is -2.66. The van der Waals surface area contributed by atoms with Crippen molar-refractivity contribution in [1.82, 2.24) is 9.55 Å². The number of hydrogen-bond donors (Lipinski definition) is 1. The van der Waals surface area contributed by atoms with Crippen LogP contribution >= 0.6 is 0 Å². The van der Waals surface area contributed by atoms with E-state index in [0.29, 0.717) is 11.5 Å². The van der Waals surface area contributed by atoms with Crippen LogP contribution in [0.2, 0.25) is 0 Å². The van der Waals surface area contributed by atoms with Crippen LogP contribution < -0.4 is 0 Å². The van der Waals surface area contributed by atoms with Crippen LogP contribution in [-0.2, 0) is 4.74 Å². The van der Waals surface area contributed by atoms with E-state index in [0.717, 1.165) is 53.8 Å². The summed E-state index contributed by atoms with van der Waals surface area (Å²) in [7, 11) is 0. The Kier molecular flexibility index (Phi) is 4.70. The molecule has 1 unspecified atom stereocenters. The second kappa shape index (κ2) is 7.16. The molecule has 2 aromatic heterocycles. The van der Waals surface area contributed by atoms with E-state index in [-0.39, 0.29) is 6.04 Å². The molecule has 3 heterocycles. The molecule has 4 rings (SSSR count). The van der Waals surface area contributed by atoms with Crippen LogP contribution in [-0.4, -0.2) is 33.8 Å². The quantitative estimate of drug-likeness (QED) is 0.729. The number of fused-ring (bicyclic) bond motifs is 1. The zero-order chi connectivity index (χ0) is 19.0. The van der Waals surface area contributed by atoms with Crippen LogP contribution in [0.1, 0.15) is 41.9 Å². The molecule has 5 heteroatoms. The third-order valence-corrected chi connectivity index (χ3v) is 5.81. The van der Waals surface area contributed by atoms with Crippen molar-refractivity contribution in [2.24, 2.45) is 5.92 Å². The largest absolute Gasteiger partial charge is 0.478 e. The fraction of sp³-hybridized carbons (Fsp3) is 0.364. The van der Waals surface area contributed by atoms with Gasteiger partial charge >= 0.3 is 5.97 Å². The Morgan fingerprint density at radius 1 is 1.26 bits per heavy atom. The van der Waals surface area contributed by atoms with Crippen LogP contribution in [0.15, 0.2) is 42.7 Å². The van der Waals surface area contributed by atoms with Crippen molar-refractivity contribution in [2.45, 2.75) is 32.7 Å². The first-order valence-corrected chi connectivity index (χ1v) is 9.44. The van der Waals surface area contributed by atoms with Gasteiger partial charge in [0.2, 0.25) is 0 Å². The van der Waals surface area contributed by atoms with Crippen LogP contribution in [0.3, 0.4) is 0 Å². The molecule has 1 aliphatic heterocycles. The van der Waals surface area contributed by atoms with Gasteiger partial charge in [-0.05, 0) is 50.3 Å².